The van der Waals surface area contributed by atoms with Gasteiger partial charge in [-0.1, -0.05) is 18.2 Å². The van der Waals surface area contributed by atoms with Gasteiger partial charge in [-0.15, -0.1) is 5.10 Å². The second-order valence-electron chi connectivity index (χ2n) is 5.90. The Balaban J connectivity index is 2.01. The van der Waals surface area contributed by atoms with Crippen molar-refractivity contribution in [1.29, 1.82) is 0 Å². The first-order valence-corrected chi connectivity index (χ1v) is 6.59. The summed E-state index contributed by atoms with van der Waals surface area (Å²) in [6.45, 7) is 8.14. The fourth-order valence-electron chi connectivity index (χ4n) is 2.14. The number of para-hydroxylation sites is 1. The number of nitrogens with zero attached hydrogens (tertiary/aromatic N) is 4. The van der Waals surface area contributed by atoms with Gasteiger partial charge in [0.25, 0.3) is 0 Å². The minimum absolute atomic E-state index is 0.370. The average molecular weight is 272 g/mol. The highest BCUT2D eigenvalue weighted by Gasteiger charge is 2.52. The number of rotatable bonds is 2. The van der Waals surface area contributed by atoms with Crippen LogP contribution in [0.5, 0.6) is 0 Å². The fourth-order valence-corrected chi connectivity index (χ4v) is 2.14. The zero-order chi connectivity index (χ0) is 14.4. The molecule has 3 rings (SSSR count). The van der Waals surface area contributed by atoms with Crippen LogP contribution < -0.4 is 5.46 Å². The molecule has 20 heavy (non-hydrogen) atoms. The smallest absolute Gasteiger partial charge is 0.399 e. The Morgan fingerprint density at radius 1 is 1.05 bits per heavy atom. The van der Waals surface area contributed by atoms with E-state index in [-0.39, 0.29) is 11.2 Å². The first-order valence-electron chi connectivity index (χ1n) is 6.59. The van der Waals surface area contributed by atoms with E-state index in [1.165, 1.54) is 0 Å². The van der Waals surface area contributed by atoms with Gasteiger partial charge in [0.1, 0.15) is 6.33 Å². The molecule has 0 atom stereocenters. The highest BCUT2D eigenvalue weighted by molar-refractivity contribution is 6.63. The van der Waals surface area contributed by atoms with Crippen LogP contribution in [0.4, 0.5) is 0 Å². The lowest BCUT2D eigenvalue weighted by molar-refractivity contribution is 0.00578. The van der Waals surface area contributed by atoms with Gasteiger partial charge in [0.2, 0.25) is 0 Å². The summed E-state index contributed by atoms with van der Waals surface area (Å²) in [5, 5.41) is 11.3. The maximum Gasteiger partial charge on any atom is 0.497 e. The van der Waals surface area contributed by atoms with Crippen molar-refractivity contribution < 1.29 is 9.31 Å². The van der Waals surface area contributed by atoms with Crippen molar-refractivity contribution in [2.45, 2.75) is 38.9 Å². The third-order valence-corrected chi connectivity index (χ3v) is 4.04. The molecule has 6 nitrogen and oxygen atoms in total. The number of tetrazole rings is 1. The highest BCUT2D eigenvalue weighted by Crippen LogP contribution is 2.36. The lowest BCUT2D eigenvalue weighted by atomic mass is 9.78. The van der Waals surface area contributed by atoms with Gasteiger partial charge in [-0.25, -0.2) is 4.68 Å². The second kappa shape index (κ2) is 4.39. The van der Waals surface area contributed by atoms with Crippen molar-refractivity contribution in [2.24, 2.45) is 0 Å². The van der Waals surface area contributed by atoms with Crippen LogP contribution in [-0.2, 0) is 9.31 Å². The van der Waals surface area contributed by atoms with Crippen LogP contribution in [0.3, 0.4) is 0 Å². The molecule has 1 aromatic heterocycles. The normalized spacial score (nSPS) is 20.3. The van der Waals surface area contributed by atoms with E-state index in [1.54, 1.807) is 11.0 Å². The van der Waals surface area contributed by atoms with Crippen molar-refractivity contribution in [3.05, 3.63) is 30.6 Å². The second-order valence-corrected chi connectivity index (χ2v) is 5.90. The van der Waals surface area contributed by atoms with E-state index in [0.29, 0.717) is 0 Å². The molecule has 0 unspecified atom stereocenters. The minimum atomic E-state index is -0.430. The molecular weight excluding hydrogens is 255 g/mol. The Kier molecular flexibility index (Phi) is 2.91. The zero-order valence-corrected chi connectivity index (χ0v) is 12.1. The van der Waals surface area contributed by atoms with E-state index in [0.717, 1.165) is 11.2 Å². The zero-order valence-electron chi connectivity index (χ0n) is 12.1. The predicted octanol–water partition coefficient (Wildman–Crippen LogP) is 0.961. The molecule has 0 aliphatic carbocycles. The Bertz CT molecular complexity index is 597. The van der Waals surface area contributed by atoms with Crippen molar-refractivity contribution >= 4 is 12.6 Å². The van der Waals surface area contributed by atoms with E-state index in [9.17, 15) is 0 Å². The van der Waals surface area contributed by atoms with E-state index in [4.69, 9.17) is 9.31 Å². The van der Waals surface area contributed by atoms with E-state index < -0.39 is 7.12 Å². The van der Waals surface area contributed by atoms with Crippen LogP contribution in [0.1, 0.15) is 27.7 Å². The molecule has 2 aromatic rings. The third kappa shape index (κ3) is 2.03. The quantitative estimate of drug-likeness (QED) is 0.762. The maximum atomic E-state index is 6.08. The molecule has 0 spiro atoms. The molecule has 0 N–H and O–H groups in total. The molecule has 0 radical (unpaired) electrons. The summed E-state index contributed by atoms with van der Waals surface area (Å²) in [5.41, 5.74) is 1.03. The standard InChI is InChI=1S/C13H17BN4O2/c1-12(2)13(3,4)20-14(19-12)10-7-5-6-8-11(10)18-9-15-16-17-18/h5-9H,1-4H3. The topological polar surface area (TPSA) is 62.1 Å². The van der Waals surface area contributed by atoms with Crippen LogP contribution in [0.15, 0.2) is 30.6 Å². The Morgan fingerprint density at radius 2 is 1.70 bits per heavy atom. The molecule has 104 valence electrons. The van der Waals surface area contributed by atoms with Crippen molar-refractivity contribution in [3.63, 3.8) is 0 Å². The average Bonchev–Trinajstić information content (AvgIpc) is 2.97. The highest BCUT2D eigenvalue weighted by atomic mass is 16.7. The van der Waals surface area contributed by atoms with Gasteiger partial charge in [-0.2, -0.15) is 0 Å². The maximum absolute atomic E-state index is 6.08. The van der Waals surface area contributed by atoms with Crippen LogP contribution in [0, 0.1) is 0 Å². The summed E-state index contributed by atoms with van der Waals surface area (Å²) in [7, 11) is -0.430. The number of aromatic nitrogens is 4. The lowest BCUT2D eigenvalue weighted by Crippen LogP contribution is -2.41. The molecule has 1 aromatic carbocycles. The Morgan fingerprint density at radius 3 is 2.30 bits per heavy atom. The first-order chi connectivity index (χ1) is 9.41. The lowest BCUT2D eigenvalue weighted by Gasteiger charge is -2.32. The van der Waals surface area contributed by atoms with Crippen LogP contribution in [-0.4, -0.2) is 38.5 Å². The van der Waals surface area contributed by atoms with E-state index in [1.807, 2.05) is 52.0 Å². The van der Waals surface area contributed by atoms with Crippen molar-refractivity contribution in [3.8, 4) is 5.69 Å². The van der Waals surface area contributed by atoms with Gasteiger partial charge in [0, 0.05) is 5.46 Å². The van der Waals surface area contributed by atoms with E-state index in [2.05, 4.69) is 15.5 Å². The van der Waals surface area contributed by atoms with Gasteiger partial charge in [-0.05, 0) is 44.2 Å². The Labute approximate surface area is 118 Å². The molecule has 7 heteroatoms. The van der Waals surface area contributed by atoms with Gasteiger partial charge in [0.05, 0.1) is 16.9 Å². The monoisotopic (exact) mass is 272 g/mol. The fraction of sp³-hybridized carbons (Fsp3) is 0.462. The van der Waals surface area contributed by atoms with Crippen LogP contribution in [0.2, 0.25) is 0 Å². The van der Waals surface area contributed by atoms with Gasteiger partial charge in [-0.3, -0.25) is 0 Å². The molecule has 0 amide bonds. The molecule has 0 bridgehead atoms. The first kappa shape index (κ1) is 13.3. The summed E-state index contributed by atoms with van der Waals surface area (Å²) >= 11 is 0. The van der Waals surface area contributed by atoms with Crippen LogP contribution in [0.25, 0.3) is 5.69 Å². The summed E-state index contributed by atoms with van der Waals surface area (Å²) in [6.07, 6.45) is 1.56. The molecule has 1 aliphatic rings. The summed E-state index contributed by atoms with van der Waals surface area (Å²) in [4.78, 5) is 0. The Hall–Kier alpha value is -1.73. The van der Waals surface area contributed by atoms with E-state index >= 15 is 0 Å². The largest absolute Gasteiger partial charge is 0.497 e. The van der Waals surface area contributed by atoms with Crippen molar-refractivity contribution in [1.82, 2.24) is 20.2 Å². The molecule has 2 heterocycles. The SMILES string of the molecule is CC1(C)OB(c2ccccc2-n2cnnn2)OC1(C)C. The third-order valence-electron chi connectivity index (χ3n) is 4.04. The summed E-state index contributed by atoms with van der Waals surface area (Å²) in [5.74, 6) is 0. The van der Waals surface area contributed by atoms with Crippen molar-refractivity contribution in [2.75, 3.05) is 0 Å². The molecule has 1 saturated heterocycles. The molecule has 1 aliphatic heterocycles. The summed E-state index contributed by atoms with van der Waals surface area (Å²) in [6, 6.07) is 7.80. The number of hydrogen-bond acceptors (Lipinski definition) is 5. The minimum Gasteiger partial charge on any atom is -0.399 e. The van der Waals surface area contributed by atoms with Gasteiger partial charge in [0.15, 0.2) is 0 Å². The molecule has 1 fully saturated rings. The molecular formula is C13H17BN4O2. The predicted molar refractivity (Wildman–Crippen MR) is 74.9 cm³/mol. The summed E-state index contributed by atoms with van der Waals surface area (Å²) < 4.78 is 13.8. The number of benzene rings is 1. The number of hydrogen-bond donors (Lipinski definition) is 0. The molecule has 0 saturated carbocycles. The van der Waals surface area contributed by atoms with Gasteiger partial charge < -0.3 is 9.31 Å². The van der Waals surface area contributed by atoms with Crippen LogP contribution >= 0.6 is 0 Å². The van der Waals surface area contributed by atoms with Gasteiger partial charge >= 0.3 is 7.12 Å².